The molecular weight excluding hydrogens is 356 g/mol. The number of nitrogens with zero attached hydrogens (tertiary/aromatic N) is 4. The minimum atomic E-state index is -0.0367. The van der Waals surface area contributed by atoms with Crippen molar-refractivity contribution in [1.82, 2.24) is 25.3 Å². The smallest absolute Gasteiger partial charge is 0.239 e. The molecule has 8 nitrogen and oxygen atoms in total. The van der Waals surface area contributed by atoms with Crippen molar-refractivity contribution in [2.75, 3.05) is 59.4 Å². The molecule has 2 unspecified atom stereocenters. The minimum absolute atomic E-state index is 0.0367. The normalized spacial score (nSPS) is 24.4. The molecule has 0 saturated carbocycles. The van der Waals surface area contributed by atoms with E-state index in [0.29, 0.717) is 18.4 Å². The summed E-state index contributed by atoms with van der Waals surface area (Å²) in [4.78, 5) is 35.2. The molecule has 0 aromatic rings. The number of likely N-dealkylation sites (tertiary alicyclic amines) is 1. The number of carbonyl (C=O) groups is 2. The predicted molar refractivity (Wildman–Crippen MR) is 112 cm³/mol. The van der Waals surface area contributed by atoms with Gasteiger partial charge < -0.3 is 20.4 Å². The lowest BCUT2D eigenvalue weighted by molar-refractivity contribution is -0.135. The average molecular weight is 395 g/mol. The Hall–Kier alpha value is -1.83. The van der Waals surface area contributed by atoms with Gasteiger partial charge in [0.15, 0.2) is 5.96 Å². The van der Waals surface area contributed by atoms with Crippen molar-refractivity contribution in [2.24, 2.45) is 16.8 Å². The molecular formula is C20H38N6O2. The highest BCUT2D eigenvalue weighted by Gasteiger charge is 2.28. The zero-order valence-corrected chi connectivity index (χ0v) is 18.2. The summed E-state index contributed by atoms with van der Waals surface area (Å²) in [6.07, 6.45) is 1.21. The van der Waals surface area contributed by atoms with Crippen LogP contribution in [0.15, 0.2) is 4.99 Å². The Bertz CT molecular complexity index is 547. The first-order chi connectivity index (χ1) is 13.3. The number of hydrogen-bond acceptors (Lipinski definition) is 4. The molecule has 0 radical (unpaired) electrons. The van der Waals surface area contributed by atoms with Crippen LogP contribution in [0, 0.1) is 11.8 Å². The van der Waals surface area contributed by atoms with Crippen molar-refractivity contribution in [3.8, 4) is 0 Å². The van der Waals surface area contributed by atoms with E-state index in [1.807, 2.05) is 18.7 Å². The van der Waals surface area contributed by atoms with Gasteiger partial charge in [0.1, 0.15) is 0 Å². The fourth-order valence-corrected chi connectivity index (χ4v) is 4.14. The maximum Gasteiger partial charge on any atom is 0.239 e. The molecule has 0 bridgehead atoms. The van der Waals surface area contributed by atoms with Crippen LogP contribution in [0.4, 0.5) is 0 Å². The molecule has 2 rings (SSSR count). The fourth-order valence-electron chi connectivity index (χ4n) is 4.14. The van der Waals surface area contributed by atoms with Crippen LogP contribution in [0.3, 0.4) is 0 Å². The van der Waals surface area contributed by atoms with Gasteiger partial charge in [-0.15, -0.1) is 0 Å². The molecule has 2 aliphatic rings. The molecule has 2 amide bonds. The number of amides is 2. The summed E-state index contributed by atoms with van der Waals surface area (Å²) in [6.45, 7) is 14.1. The van der Waals surface area contributed by atoms with Gasteiger partial charge in [-0.25, -0.2) is 0 Å². The van der Waals surface area contributed by atoms with E-state index in [4.69, 9.17) is 0 Å². The van der Waals surface area contributed by atoms with E-state index in [9.17, 15) is 9.59 Å². The van der Waals surface area contributed by atoms with Gasteiger partial charge in [0, 0.05) is 52.4 Å². The summed E-state index contributed by atoms with van der Waals surface area (Å²) in [7, 11) is 1.73. The summed E-state index contributed by atoms with van der Waals surface area (Å²) in [5.41, 5.74) is 0. The summed E-state index contributed by atoms with van der Waals surface area (Å²) in [5.74, 6) is 2.13. The second-order valence-corrected chi connectivity index (χ2v) is 8.63. The van der Waals surface area contributed by atoms with Crippen LogP contribution in [0.5, 0.6) is 0 Å². The molecule has 2 N–H and O–H groups in total. The topological polar surface area (TPSA) is 80.3 Å². The molecule has 2 saturated heterocycles. The molecule has 28 heavy (non-hydrogen) atoms. The molecule has 0 aromatic carbocycles. The molecule has 8 heteroatoms. The third-order valence-electron chi connectivity index (χ3n) is 5.32. The highest BCUT2D eigenvalue weighted by Crippen LogP contribution is 2.21. The van der Waals surface area contributed by atoms with Gasteiger partial charge in [-0.3, -0.25) is 19.5 Å². The molecule has 0 aliphatic carbocycles. The Morgan fingerprint density at radius 3 is 2.18 bits per heavy atom. The largest absolute Gasteiger partial charge is 0.352 e. The highest BCUT2D eigenvalue weighted by atomic mass is 16.2. The predicted octanol–water partition coefficient (Wildman–Crippen LogP) is 0.209. The number of piperazine rings is 1. The van der Waals surface area contributed by atoms with Crippen LogP contribution in [0.2, 0.25) is 0 Å². The van der Waals surface area contributed by atoms with Crippen molar-refractivity contribution >= 4 is 17.8 Å². The zero-order chi connectivity index (χ0) is 20.7. The van der Waals surface area contributed by atoms with Crippen molar-refractivity contribution < 1.29 is 9.59 Å². The first-order valence-corrected chi connectivity index (χ1v) is 10.5. The Morgan fingerprint density at radius 2 is 1.64 bits per heavy atom. The van der Waals surface area contributed by atoms with Gasteiger partial charge in [0.2, 0.25) is 11.8 Å². The first-order valence-electron chi connectivity index (χ1n) is 10.5. The third kappa shape index (κ3) is 6.96. The number of aliphatic imine (C=N–C) groups is 1. The molecule has 0 spiro atoms. The summed E-state index contributed by atoms with van der Waals surface area (Å²) in [5, 5.41) is 6.00. The Labute approximate surface area is 169 Å². The van der Waals surface area contributed by atoms with Crippen molar-refractivity contribution in [3.63, 3.8) is 0 Å². The van der Waals surface area contributed by atoms with Crippen LogP contribution in [-0.2, 0) is 9.59 Å². The second kappa shape index (κ2) is 10.6. The molecule has 2 aliphatic heterocycles. The number of hydrogen-bond donors (Lipinski definition) is 2. The van der Waals surface area contributed by atoms with Gasteiger partial charge in [-0.1, -0.05) is 13.8 Å². The molecule has 2 fully saturated rings. The highest BCUT2D eigenvalue weighted by molar-refractivity contribution is 5.86. The van der Waals surface area contributed by atoms with Gasteiger partial charge in [-0.05, 0) is 32.1 Å². The molecule has 2 heterocycles. The maximum atomic E-state index is 12.7. The number of rotatable bonds is 5. The maximum absolute atomic E-state index is 12.7. The van der Waals surface area contributed by atoms with E-state index in [0.717, 1.165) is 45.2 Å². The monoisotopic (exact) mass is 394 g/mol. The Morgan fingerprint density at radius 1 is 1.04 bits per heavy atom. The van der Waals surface area contributed by atoms with E-state index in [1.165, 1.54) is 6.42 Å². The summed E-state index contributed by atoms with van der Waals surface area (Å²) >= 11 is 0. The van der Waals surface area contributed by atoms with E-state index >= 15 is 0 Å². The summed E-state index contributed by atoms with van der Waals surface area (Å²) < 4.78 is 0. The average Bonchev–Trinajstić information content (AvgIpc) is 2.62. The Kier molecular flexibility index (Phi) is 8.54. The van der Waals surface area contributed by atoms with Gasteiger partial charge in [0.25, 0.3) is 0 Å². The molecule has 160 valence electrons. The van der Waals surface area contributed by atoms with E-state index in [1.54, 1.807) is 7.05 Å². The lowest BCUT2D eigenvalue weighted by atomic mass is 9.92. The molecule has 2 atom stereocenters. The number of carbonyl (C=O) groups excluding carboxylic acids is 2. The SMILES string of the molecule is CN=C(NCC(=O)NC(C)C)N1CCN(CC(=O)N2CC(C)CC(C)C2)CC1. The minimum Gasteiger partial charge on any atom is -0.352 e. The van der Waals surface area contributed by atoms with Crippen molar-refractivity contribution in [1.29, 1.82) is 0 Å². The van der Waals surface area contributed by atoms with Crippen LogP contribution >= 0.6 is 0 Å². The van der Waals surface area contributed by atoms with Crippen LogP contribution in [-0.4, -0.2) is 97.9 Å². The number of piperidine rings is 1. The number of guanidine groups is 1. The Balaban J connectivity index is 1.75. The fraction of sp³-hybridized carbons (Fsp3) is 0.850. The number of nitrogens with one attached hydrogen (secondary N) is 2. The van der Waals surface area contributed by atoms with Crippen LogP contribution in [0.1, 0.15) is 34.1 Å². The van der Waals surface area contributed by atoms with Crippen molar-refractivity contribution in [2.45, 2.75) is 40.2 Å². The molecule has 0 aromatic heterocycles. The first kappa shape index (κ1) is 22.5. The van der Waals surface area contributed by atoms with E-state index < -0.39 is 0 Å². The zero-order valence-electron chi connectivity index (χ0n) is 18.2. The lowest BCUT2D eigenvalue weighted by Crippen LogP contribution is -2.55. The summed E-state index contributed by atoms with van der Waals surface area (Å²) in [6, 6.07) is 0.128. The van der Waals surface area contributed by atoms with Gasteiger partial charge >= 0.3 is 0 Å². The lowest BCUT2D eigenvalue weighted by Gasteiger charge is -2.39. The van der Waals surface area contributed by atoms with Crippen LogP contribution < -0.4 is 10.6 Å². The van der Waals surface area contributed by atoms with Crippen molar-refractivity contribution in [3.05, 3.63) is 0 Å². The van der Waals surface area contributed by atoms with Gasteiger partial charge in [0.05, 0.1) is 13.1 Å². The standard InChI is InChI=1S/C20H38N6O2/c1-15(2)23-18(27)11-22-20(21-5)25-8-6-24(7-9-25)14-19(28)26-12-16(3)10-17(4)13-26/h15-17H,6-14H2,1-5H3,(H,21,22)(H,23,27). The second-order valence-electron chi connectivity index (χ2n) is 8.63. The van der Waals surface area contributed by atoms with E-state index in [-0.39, 0.29) is 24.4 Å². The van der Waals surface area contributed by atoms with E-state index in [2.05, 4.69) is 39.3 Å². The van der Waals surface area contributed by atoms with Crippen LogP contribution in [0.25, 0.3) is 0 Å². The van der Waals surface area contributed by atoms with Gasteiger partial charge in [-0.2, -0.15) is 0 Å². The quantitative estimate of drug-likeness (QED) is 0.515. The third-order valence-corrected chi connectivity index (χ3v) is 5.32.